The van der Waals surface area contributed by atoms with Crippen LogP contribution >= 0.6 is 12.4 Å². The Morgan fingerprint density at radius 2 is 1.43 bits per heavy atom. The summed E-state index contributed by atoms with van der Waals surface area (Å²) in [7, 11) is 0. The maximum Gasteiger partial charge on any atom is 0.00492 e. The topological polar surface area (TPSA) is 26.0 Å². The third kappa shape index (κ3) is 2.25. The van der Waals surface area contributed by atoms with E-state index in [0.29, 0.717) is 16.9 Å². The molecular formula is C12H24ClN. The van der Waals surface area contributed by atoms with Gasteiger partial charge in [-0.15, -0.1) is 12.4 Å². The lowest BCUT2D eigenvalue weighted by Gasteiger charge is -2.53. The van der Waals surface area contributed by atoms with Gasteiger partial charge in [0.2, 0.25) is 0 Å². The fraction of sp³-hybridized carbons (Fsp3) is 1.00. The van der Waals surface area contributed by atoms with Crippen molar-refractivity contribution in [1.29, 1.82) is 0 Å². The third-order valence-electron chi connectivity index (χ3n) is 4.05. The van der Waals surface area contributed by atoms with Crippen molar-refractivity contribution in [2.45, 2.75) is 58.9 Å². The summed E-state index contributed by atoms with van der Waals surface area (Å²) >= 11 is 0. The minimum Gasteiger partial charge on any atom is -0.328 e. The second-order valence-electron chi connectivity index (χ2n) is 6.48. The number of hydrogen-bond acceptors (Lipinski definition) is 1. The molecule has 0 spiro atoms. The first-order valence-corrected chi connectivity index (χ1v) is 5.66. The van der Waals surface area contributed by atoms with Crippen LogP contribution in [0, 0.1) is 16.7 Å². The lowest BCUT2D eigenvalue weighted by molar-refractivity contribution is -0.0121. The minimum absolute atomic E-state index is 0. The molecule has 2 N–H and O–H groups in total. The summed E-state index contributed by atoms with van der Waals surface area (Å²) in [6.07, 6.45) is 6.73. The molecule has 2 fully saturated rings. The van der Waals surface area contributed by atoms with Gasteiger partial charge < -0.3 is 5.73 Å². The Kier molecular flexibility index (Phi) is 3.24. The summed E-state index contributed by atoms with van der Waals surface area (Å²) in [5.41, 5.74) is 7.26. The van der Waals surface area contributed by atoms with E-state index in [2.05, 4.69) is 20.8 Å². The second kappa shape index (κ2) is 3.68. The summed E-state index contributed by atoms with van der Waals surface area (Å²) in [6.45, 7) is 7.30. The van der Waals surface area contributed by atoms with Crippen molar-refractivity contribution in [3.05, 3.63) is 0 Å². The lowest BCUT2D eigenvalue weighted by Crippen LogP contribution is -2.48. The zero-order valence-corrected chi connectivity index (χ0v) is 10.5. The first-order chi connectivity index (χ1) is 5.91. The van der Waals surface area contributed by atoms with E-state index in [4.69, 9.17) is 5.73 Å². The zero-order chi connectivity index (χ0) is 9.69. The average molecular weight is 218 g/mol. The Bertz CT molecular complexity index is 180. The van der Waals surface area contributed by atoms with E-state index < -0.39 is 0 Å². The molecule has 0 aromatic carbocycles. The highest BCUT2D eigenvalue weighted by atomic mass is 35.5. The van der Waals surface area contributed by atoms with Crippen molar-refractivity contribution < 1.29 is 0 Å². The molecule has 2 saturated carbocycles. The molecule has 0 aromatic heterocycles. The van der Waals surface area contributed by atoms with Crippen molar-refractivity contribution in [2.24, 2.45) is 22.5 Å². The van der Waals surface area contributed by atoms with Crippen LogP contribution in [0.4, 0.5) is 0 Å². The van der Waals surface area contributed by atoms with Crippen molar-refractivity contribution in [3.8, 4) is 0 Å². The summed E-state index contributed by atoms with van der Waals surface area (Å²) in [6, 6.07) is 0.469. The Morgan fingerprint density at radius 1 is 1.00 bits per heavy atom. The molecule has 0 radical (unpaired) electrons. The SMILES string of the molecule is CC1C[C@@]2(C)CC(N)C[C@@](C)(C1)C2.Cl. The lowest BCUT2D eigenvalue weighted by atomic mass is 9.53. The molecule has 2 unspecified atom stereocenters. The van der Waals surface area contributed by atoms with Crippen molar-refractivity contribution in [1.82, 2.24) is 0 Å². The van der Waals surface area contributed by atoms with Crippen LogP contribution in [0.1, 0.15) is 52.9 Å². The zero-order valence-electron chi connectivity index (χ0n) is 9.68. The van der Waals surface area contributed by atoms with Crippen LogP contribution in [0.15, 0.2) is 0 Å². The van der Waals surface area contributed by atoms with E-state index in [1.54, 1.807) is 0 Å². The van der Waals surface area contributed by atoms with Gasteiger partial charge in [-0.2, -0.15) is 0 Å². The molecule has 2 rings (SSSR count). The maximum absolute atomic E-state index is 6.14. The molecule has 4 atom stereocenters. The molecule has 2 aliphatic rings. The van der Waals surface area contributed by atoms with Crippen LogP contribution in [0.2, 0.25) is 0 Å². The molecule has 2 heteroatoms. The van der Waals surface area contributed by atoms with Crippen LogP contribution in [0.5, 0.6) is 0 Å². The quantitative estimate of drug-likeness (QED) is 0.662. The van der Waals surface area contributed by atoms with E-state index >= 15 is 0 Å². The first-order valence-electron chi connectivity index (χ1n) is 5.66. The average Bonchev–Trinajstić information content (AvgIpc) is 1.75. The molecule has 2 aliphatic carbocycles. The summed E-state index contributed by atoms with van der Waals surface area (Å²) in [5, 5.41) is 0. The first kappa shape index (κ1) is 12.3. The highest BCUT2D eigenvalue weighted by Gasteiger charge is 2.47. The van der Waals surface area contributed by atoms with Gasteiger partial charge in [0.25, 0.3) is 0 Å². The predicted octanol–water partition coefficient (Wildman–Crippen LogP) is 3.36. The van der Waals surface area contributed by atoms with Gasteiger partial charge in [0, 0.05) is 6.04 Å². The van der Waals surface area contributed by atoms with Crippen LogP contribution in [-0.4, -0.2) is 6.04 Å². The molecule has 0 saturated heterocycles. The Labute approximate surface area is 94.2 Å². The Balaban J connectivity index is 0.000000980. The number of halogens is 1. The molecule has 0 heterocycles. The molecular weight excluding hydrogens is 194 g/mol. The van der Waals surface area contributed by atoms with Crippen molar-refractivity contribution in [2.75, 3.05) is 0 Å². The standard InChI is InChI=1S/C12H23N.ClH/c1-9-4-11(2)6-10(13)7-12(3,5-9)8-11;/h9-10H,4-8,13H2,1-3H3;1H/t9?,10?,11-,12+;. The molecule has 0 aliphatic heterocycles. The van der Waals surface area contributed by atoms with Gasteiger partial charge in [-0.25, -0.2) is 0 Å². The fourth-order valence-electron chi connectivity index (χ4n) is 4.58. The van der Waals surface area contributed by atoms with E-state index in [1.165, 1.54) is 32.1 Å². The smallest absolute Gasteiger partial charge is 0.00492 e. The Morgan fingerprint density at radius 3 is 1.86 bits per heavy atom. The third-order valence-corrected chi connectivity index (χ3v) is 4.05. The summed E-state index contributed by atoms with van der Waals surface area (Å²) in [4.78, 5) is 0. The highest BCUT2D eigenvalue weighted by molar-refractivity contribution is 5.85. The normalized spacial score (nSPS) is 52.3. The van der Waals surface area contributed by atoms with Crippen molar-refractivity contribution in [3.63, 3.8) is 0 Å². The van der Waals surface area contributed by atoms with Gasteiger partial charge in [0.05, 0.1) is 0 Å². The van der Waals surface area contributed by atoms with Gasteiger partial charge >= 0.3 is 0 Å². The van der Waals surface area contributed by atoms with Crippen LogP contribution in [0.25, 0.3) is 0 Å². The molecule has 1 nitrogen and oxygen atoms in total. The molecule has 0 amide bonds. The van der Waals surface area contributed by atoms with Crippen LogP contribution in [0.3, 0.4) is 0 Å². The summed E-state index contributed by atoms with van der Waals surface area (Å²) in [5.74, 6) is 0.913. The minimum atomic E-state index is 0. The van der Waals surface area contributed by atoms with E-state index in [-0.39, 0.29) is 12.4 Å². The van der Waals surface area contributed by atoms with Crippen LogP contribution < -0.4 is 5.73 Å². The molecule has 2 bridgehead atoms. The van der Waals surface area contributed by atoms with Gasteiger partial charge in [0.1, 0.15) is 0 Å². The van der Waals surface area contributed by atoms with Gasteiger partial charge in [-0.3, -0.25) is 0 Å². The Hall–Kier alpha value is 0.250. The van der Waals surface area contributed by atoms with E-state index in [0.717, 1.165) is 5.92 Å². The predicted molar refractivity (Wildman–Crippen MR) is 63.7 cm³/mol. The van der Waals surface area contributed by atoms with Crippen molar-refractivity contribution >= 4 is 12.4 Å². The van der Waals surface area contributed by atoms with E-state index in [1.807, 2.05) is 0 Å². The van der Waals surface area contributed by atoms with Gasteiger partial charge in [0.15, 0.2) is 0 Å². The highest BCUT2D eigenvalue weighted by Crippen LogP contribution is 2.56. The number of rotatable bonds is 0. The largest absolute Gasteiger partial charge is 0.328 e. The maximum atomic E-state index is 6.14. The molecule has 14 heavy (non-hydrogen) atoms. The van der Waals surface area contributed by atoms with E-state index in [9.17, 15) is 0 Å². The van der Waals surface area contributed by atoms with Crippen LogP contribution in [-0.2, 0) is 0 Å². The fourth-order valence-corrected chi connectivity index (χ4v) is 4.58. The van der Waals surface area contributed by atoms with Gasteiger partial charge in [-0.05, 0) is 48.9 Å². The molecule has 84 valence electrons. The number of fused-ring (bicyclic) bond motifs is 2. The second-order valence-corrected chi connectivity index (χ2v) is 6.48. The molecule has 0 aromatic rings. The van der Waals surface area contributed by atoms with Gasteiger partial charge in [-0.1, -0.05) is 20.8 Å². The monoisotopic (exact) mass is 217 g/mol. The summed E-state index contributed by atoms with van der Waals surface area (Å²) < 4.78 is 0. The number of nitrogens with two attached hydrogens (primary N) is 1. The number of hydrogen-bond donors (Lipinski definition) is 1.